The van der Waals surface area contributed by atoms with Gasteiger partial charge in [-0.25, -0.2) is 0 Å². The van der Waals surface area contributed by atoms with Crippen LogP contribution in [0.2, 0.25) is 0 Å². The predicted molar refractivity (Wildman–Crippen MR) is 82.6 cm³/mol. The quantitative estimate of drug-likeness (QED) is 0.859. The molecule has 0 aromatic heterocycles. The Labute approximate surface area is 127 Å². The summed E-state index contributed by atoms with van der Waals surface area (Å²) in [5.74, 6) is 0.774. The molecule has 4 heteroatoms. The molecule has 116 valence electrons. The summed E-state index contributed by atoms with van der Waals surface area (Å²) in [6.07, 6.45) is -0.474. The number of hydrogen-bond donors (Lipinski definition) is 0. The molecule has 0 unspecified atom stereocenters. The molecule has 2 rings (SSSR count). The lowest BCUT2D eigenvalue weighted by Crippen LogP contribution is -2.46. The van der Waals surface area contributed by atoms with Crippen LogP contribution in [0.5, 0.6) is 5.75 Å². The molecule has 0 saturated carbocycles. The van der Waals surface area contributed by atoms with Gasteiger partial charge in [-0.3, -0.25) is 4.79 Å². The summed E-state index contributed by atoms with van der Waals surface area (Å²) >= 11 is 0. The molecule has 1 fully saturated rings. The number of carbonyl (C=O) groups is 1. The molecule has 1 aromatic carbocycles. The van der Waals surface area contributed by atoms with Crippen molar-refractivity contribution in [2.24, 2.45) is 0 Å². The Kier molecular flexibility index (Phi) is 4.88. The van der Waals surface area contributed by atoms with Crippen molar-refractivity contribution in [3.8, 4) is 5.75 Å². The fourth-order valence-electron chi connectivity index (χ4n) is 2.33. The average Bonchev–Trinajstić information content (AvgIpc) is 2.47. The summed E-state index contributed by atoms with van der Waals surface area (Å²) in [4.78, 5) is 14.1. The summed E-state index contributed by atoms with van der Waals surface area (Å²) in [5, 5.41) is 0. The standard InChI is InChI=1S/C17H25NO3/c1-13(16(19)18-8-10-20-11-9-18)21-15-7-5-6-14(12-15)17(2,3)4/h5-7,12-13H,8-11H2,1-4H3/t13-/m0/s1. The highest BCUT2D eigenvalue weighted by atomic mass is 16.5. The van der Waals surface area contributed by atoms with Crippen LogP contribution in [0.25, 0.3) is 0 Å². The Hall–Kier alpha value is -1.55. The van der Waals surface area contributed by atoms with E-state index in [1.165, 1.54) is 5.56 Å². The summed E-state index contributed by atoms with van der Waals surface area (Å²) in [6.45, 7) is 10.8. The molecular formula is C17H25NO3. The zero-order chi connectivity index (χ0) is 15.5. The third-order valence-electron chi connectivity index (χ3n) is 3.68. The van der Waals surface area contributed by atoms with E-state index >= 15 is 0 Å². The normalized spacial score (nSPS) is 17.4. The van der Waals surface area contributed by atoms with E-state index in [-0.39, 0.29) is 11.3 Å². The van der Waals surface area contributed by atoms with Crippen LogP contribution < -0.4 is 4.74 Å². The van der Waals surface area contributed by atoms with E-state index in [0.717, 1.165) is 5.75 Å². The fourth-order valence-corrected chi connectivity index (χ4v) is 2.33. The van der Waals surface area contributed by atoms with E-state index in [1.807, 2.05) is 30.0 Å². The van der Waals surface area contributed by atoms with Gasteiger partial charge in [-0.1, -0.05) is 32.9 Å². The number of morpholine rings is 1. The van der Waals surface area contributed by atoms with Gasteiger partial charge in [0.15, 0.2) is 6.10 Å². The van der Waals surface area contributed by atoms with Crippen molar-refractivity contribution in [1.82, 2.24) is 4.90 Å². The second-order valence-electron chi connectivity index (χ2n) is 6.48. The van der Waals surface area contributed by atoms with Crippen molar-refractivity contribution < 1.29 is 14.3 Å². The lowest BCUT2D eigenvalue weighted by molar-refractivity contribution is -0.142. The number of rotatable bonds is 3. The monoisotopic (exact) mass is 291 g/mol. The van der Waals surface area contributed by atoms with Crippen LogP contribution in [0.15, 0.2) is 24.3 Å². The van der Waals surface area contributed by atoms with E-state index in [9.17, 15) is 4.79 Å². The van der Waals surface area contributed by atoms with E-state index in [0.29, 0.717) is 26.3 Å². The van der Waals surface area contributed by atoms with E-state index < -0.39 is 6.10 Å². The molecule has 1 heterocycles. The molecule has 1 saturated heterocycles. The summed E-state index contributed by atoms with van der Waals surface area (Å²) in [6, 6.07) is 7.98. The van der Waals surface area contributed by atoms with Gasteiger partial charge in [0.1, 0.15) is 5.75 Å². The highest BCUT2D eigenvalue weighted by Crippen LogP contribution is 2.26. The van der Waals surface area contributed by atoms with Crippen LogP contribution in [-0.4, -0.2) is 43.2 Å². The van der Waals surface area contributed by atoms with E-state index in [1.54, 1.807) is 0 Å². The molecule has 1 aromatic rings. The van der Waals surface area contributed by atoms with Crippen LogP contribution in [0.3, 0.4) is 0 Å². The van der Waals surface area contributed by atoms with Gasteiger partial charge in [-0.05, 0) is 30.0 Å². The number of carbonyl (C=O) groups excluding carboxylic acids is 1. The van der Waals surface area contributed by atoms with Gasteiger partial charge in [-0.15, -0.1) is 0 Å². The second kappa shape index (κ2) is 6.48. The van der Waals surface area contributed by atoms with Crippen LogP contribution in [-0.2, 0) is 14.9 Å². The highest BCUT2D eigenvalue weighted by Gasteiger charge is 2.24. The zero-order valence-electron chi connectivity index (χ0n) is 13.4. The van der Waals surface area contributed by atoms with Gasteiger partial charge in [-0.2, -0.15) is 0 Å². The molecule has 0 radical (unpaired) electrons. The van der Waals surface area contributed by atoms with E-state index in [2.05, 4.69) is 26.8 Å². The van der Waals surface area contributed by atoms with Gasteiger partial charge < -0.3 is 14.4 Å². The van der Waals surface area contributed by atoms with Crippen molar-refractivity contribution in [3.63, 3.8) is 0 Å². The number of amides is 1. The van der Waals surface area contributed by atoms with Gasteiger partial charge in [0.25, 0.3) is 5.91 Å². The highest BCUT2D eigenvalue weighted by molar-refractivity contribution is 5.81. The molecule has 1 aliphatic heterocycles. The first kappa shape index (κ1) is 15.8. The lowest BCUT2D eigenvalue weighted by atomic mass is 9.87. The van der Waals surface area contributed by atoms with Crippen LogP contribution >= 0.6 is 0 Å². The molecule has 0 spiro atoms. The molecule has 0 aliphatic carbocycles. The van der Waals surface area contributed by atoms with E-state index in [4.69, 9.17) is 9.47 Å². The lowest BCUT2D eigenvalue weighted by Gasteiger charge is -2.29. The molecular weight excluding hydrogens is 266 g/mol. The van der Waals surface area contributed by atoms with Crippen molar-refractivity contribution in [2.75, 3.05) is 26.3 Å². The molecule has 1 atom stereocenters. The zero-order valence-corrected chi connectivity index (χ0v) is 13.4. The first-order valence-corrected chi connectivity index (χ1v) is 7.51. The summed E-state index contributed by atoms with van der Waals surface area (Å²) < 4.78 is 11.1. The van der Waals surface area contributed by atoms with Crippen molar-refractivity contribution in [2.45, 2.75) is 39.2 Å². The largest absolute Gasteiger partial charge is 0.481 e. The number of nitrogens with zero attached hydrogens (tertiary/aromatic N) is 1. The first-order valence-electron chi connectivity index (χ1n) is 7.51. The molecule has 21 heavy (non-hydrogen) atoms. The van der Waals surface area contributed by atoms with Crippen LogP contribution in [0.1, 0.15) is 33.3 Å². The predicted octanol–water partition coefficient (Wildman–Crippen LogP) is 2.61. The maximum atomic E-state index is 12.3. The smallest absolute Gasteiger partial charge is 0.263 e. The minimum absolute atomic E-state index is 0.0273. The third-order valence-corrected chi connectivity index (χ3v) is 3.68. The fraction of sp³-hybridized carbons (Fsp3) is 0.588. The Morgan fingerprint density at radius 2 is 1.95 bits per heavy atom. The van der Waals surface area contributed by atoms with Gasteiger partial charge in [0, 0.05) is 13.1 Å². The molecule has 1 aliphatic rings. The van der Waals surface area contributed by atoms with Gasteiger partial charge in [0.2, 0.25) is 0 Å². The molecule has 0 N–H and O–H groups in total. The van der Waals surface area contributed by atoms with Crippen LogP contribution in [0.4, 0.5) is 0 Å². The minimum atomic E-state index is -0.474. The maximum absolute atomic E-state index is 12.3. The molecule has 0 bridgehead atoms. The minimum Gasteiger partial charge on any atom is -0.481 e. The molecule has 1 amide bonds. The Morgan fingerprint density at radius 3 is 2.57 bits per heavy atom. The SMILES string of the molecule is C[C@H](Oc1cccc(C(C)(C)C)c1)C(=O)N1CCOCC1. The van der Waals surface area contributed by atoms with Gasteiger partial charge >= 0.3 is 0 Å². The van der Waals surface area contributed by atoms with Crippen molar-refractivity contribution in [3.05, 3.63) is 29.8 Å². The number of hydrogen-bond acceptors (Lipinski definition) is 3. The topological polar surface area (TPSA) is 38.8 Å². The number of ether oxygens (including phenoxy) is 2. The first-order chi connectivity index (χ1) is 9.88. The Balaban J connectivity index is 2.02. The number of benzene rings is 1. The molecule has 4 nitrogen and oxygen atoms in total. The summed E-state index contributed by atoms with van der Waals surface area (Å²) in [7, 11) is 0. The van der Waals surface area contributed by atoms with Crippen molar-refractivity contribution in [1.29, 1.82) is 0 Å². The second-order valence-corrected chi connectivity index (χ2v) is 6.48. The maximum Gasteiger partial charge on any atom is 0.263 e. The average molecular weight is 291 g/mol. The van der Waals surface area contributed by atoms with Crippen molar-refractivity contribution >= 4 is 5.91 Å². The third kappa shape index (κ3) is 4.21. The Bertz CT molecular complexity index is 487. The Morgan fingerprint density at radius 1 is 1.29 bits per heavy atom. The van der Waals surface area contributed by atoms with Gasteiger partial charge in [0.05, 0.1) is 13.2 Å². The summed E-state index contributed by atoms with van der Waals surface area (Å²) in [5.41, 5.74) is 1.27. The van der Waals surface area contributed by atoms with Crippen LogP contribution in [0, 0.1) is 0 Å².